The summed E-state index contributed by atoms with van der Waals surface area (Å²) >= 11 is 27.1. The average Bonchev–Trinajstić information content (AvgIpc) is 3.35. The van der Waals surface area contributed by atoms with Crippen LogP contribution in [0.2, 0.25) is 20.1 Å². The van der Waals surface area contributed by atoms with Crippen LogP contribution < -0.4 is 16.2 Å². The molecule has 1 aromatic heterocycles. The fourth-order valence-corrected chi connectivity index (χ4v) is 7.62. The molecule has 0 saturated heterocycles. The fraction of sp³-hybridized carbons (Fsp3) is 0.405. The minimum Gasteiger partial charge on any atom is -0.338 e. The molecular weight excluding hydrogens is 706 g/mol. The first-order valence-electron chi connectivity index (χ1n) is 16.8. The summed E-state index contributed by atoms with van der Waals surface area (Å²) in [6.45, 7) is 2.25. The number of hydrogen-bond acceptors (Lipinski definition) is 4. The maximum absolute atomic E-state index is 13.8. The maximum Gasteiger partial charge on any atom is 0.287 e. The van der Waals surface area contributed by atoms with Crippen molar-refractivity contribution in [3.63, 3.8) is 0 Å². The van der Waals surface area contributed by atoms with E-state index in [1.807, 2.05) is 18.2 Å². The molecule has 6 nitrogen and oxygen atoms in total. The summed E-state index contributed by atoms with van der Waals surface area (Å²) in [4.78, 5) is 27.0. The summed E-state index contributed by atoms with van der Waals surface area (Å²) in [5, 5.41) is 10.6. The van der Waals surface area contributed by atoms with Crippen LogP contribution in [0.4, 0.5) is 17.2 Å². The van der Waals surface area contributed by atoms with E-state index in [0.717, 1.165) is 25.7 Å². The van der Waals surface area contributed by atoms with Crippen LogP contribution in [0.3, 0.4) is 0 Å². The number of hydrogen-bond donors (Lipinski definition) is 3. The zero-order valence-electron chi connectivity index (χ0n) is 27.4. The van der Waals surface area contributed by atoms with E-state index in [9.17, 15) is 9.59 Å². The lowest BCUT2D eigenvalue weighted by molar-refractivity contribution is -0.116. The van der Waals surface area contributed by atoms with Gasteiger partial charge in [-0.1, -0.05) is 148 Å². The number of halogens is 4. The molecule has 0 atom stereocenters. The molecule has 11 heteroatoms. The quantitative estimate of drug-likeness (QED) is 0.0621. The van der Waals surface area contributed by atoms with Crippen LogP contribution in [0, 0.1) is 0 Å². The summed E-state index contributed by atoms with van der Waals surface area (Å²) in [5.74, 6) is 1.03. The molecule has 0 saturated carbocycles. The number of carbonyl (C=O) groups is 1. The molecule has 48 heavy (non-hydrogen) atoms. The summed E-state index contributed by atoms with van der Waals surface area (Å²) in [7, 11) is 0. The van der Waals surface area contributed by atoms with Crippen molar-refractivity contribution in [2.24, 2.45) is 0 Å². The molecule has 0 unspecified atom stereocenters. The zero-order chi connectivity index (χ0) is 34.3. The lowest BCUT2D eigenvalue weighted by atomic mass is 10.1. The van der Waals surface area contributed by atoms with Crippen molar-refractivity contribution in [1.82, 2.24) is 9.78 Å². The molecule has 0 aliphatic heterocycles. The van der Waals surface area contributed by atoms with Crippen molar-refractivity contribution in [3.05, 3.63) is 96.7 Å². The Morgan fingerprint density at radius 2 is 1.42 bits per heavy atom. The Kier molecular flexibility index (Phi) is 16.1. The Labute approximate surface area is 308 Å². The standard InChI is InChI=1S/C37H44Cl4N4O2S/c1-2-3-4-5-6-7-8-9-10-11-15-18-33(46)42-28-19-20-29(39)32(25-28)43-36-35(48-22-21-26-16-13-12-14-17-26)37(47)45(44-36)34-30(40)23-27(38)24-31(34)41/h12-14,16-17,19-20,23-25,43-44H,2-11,15,18,21-22H2,1H3,(H,42,46). The van der Waals surface area contributed by atoms with Gasteiger partial charge in [-0.3, -0.25) is 14.7 Å². The first kappa shape index (κ1) is 38.3. The molecular formula is C37H44Cl4N4O2S. The van der Waals surface area contributed by atoms with Gasteiger partial charge in [0, 0.05) is 22.9 Å². The van der Waals surface area contributed by atoms with Gasteiger partial charge in [0.05, 0.1) is 20.8 Å². The predicted octanol–water partition coefficient (Wildman–Crippen LogP) is 12.5. The van der Waals surface area contributed by atoms with Crippen molar-refractivity contribution in [2.45, 2.75) is 95.3 Å². The third-order valence-electron chi connectivity index (χ3n) is 8.05. The monoisotopic (exact) mass is 748 g/mol. The van der Waals surface area contributed by atoms with Gasteiger partial charge in [-0.15, -0.1) is 11.8 Å². The highest BCUT2D eigenvalue weighted by Crippen LogP contribution is 2.35. The lowest BCUT2D eigenvalue weighted by Gasteiger charge is -2.12. The number of thioether (sulfide) groups is 1. The highest BCUT2D eigenvalue weighted by molar-refractivity contribution is 7.99. The molecule has 258 valence electrons. The van der Waals surface area contributed by atoms with Crippen molar-refractivity contribution >= 4 is 81.3 Å². The molecule has 0 aliphatic carbocycles. The Bertz CT molecular complexity index is 1650. The molecule has 1 amide bonds. The van der Waals surface area contributed by atoms with Gasteiger partial charge < -0.3 is 10.6 Å². The highest BCUT2D eigenvalue weighted by Gasteiger charge is 2.21. The first-order chi connectivity index (χ1) is 23.3. The van der Waals surface area contributed by atoms with Gasteiger partial charge in [0.15, 0.2) is 0 Å². The van der Waals surface area contributed by atoms with Crippen LogP contribution >= 0.6 is 58.2 Å². The van der Waals surface area contributed by atoms with E-state index in [-0.39, 0.29) is 21.5 Å². The molecule has 0 spiro atoms. The zero-order valence-corrected chi connectivity index (χ0v) is 31.2. The van der Waals surface area contributed by atoms with Crippen molar-refractivity contribution in [2.75, 3.05) is 16.4 Å². The van der Waals surface area contributed by atoms with Gasteiger partial charge in [-0.2, -0.15) is 0 Å². The van der Waals surface area contributed by atoms with E-state index in [1.54, 1.807) is 18.2 Å². The molecule has 1 heterocycles. The third kappa shape index (κ3) is 11.8. The van der Waals surface area contributed by atoms with Crippen LogP contribution in [0.15, 0.2) is 70.4 Å². The SMILES string of the molecule is CCCCCCCCCCCCCC(=O)Nc1ccc(Cl)c(Nc2[nH]n(-c3c(Cl)cc(Cl)cc3Cl)c(=O)c2SCCc2ccccc2)c1. The number of carbonyl (C=O) groups excluding carboxylic acids is 1. The van der Waals surface area contributed by atoms with E-state index in [4.69, 9.17) is 46.4 Å². The van der Waals surface area contributed by atoms with Gasteiger partial charge in [-0.25, -0.2) is 4.68 Å². The van der Waals surface area contributed by atoms with E-state index >= 15 is 0 Å². The lowest BCUT2D eigenvalue weighted by Crippen LogP contribution is -2.16. The number of amides is 1. The van der Waals surface area contributed by atoms with Crippen molar-refractivity contribution < 1.29 is 4.79 Å². The molecule has 0 bridgehead atoms. The second-order valence-corrected chi connectivity index (χ2v) is 14.7. The summed E-state index contributed by atoms with van der Waals surface area (Å²) in [6.07, 6.45) is 14.8. The Morgan fingerprint density at radius 3 is 2.06 bits per heavy atom. The molecule has 0 fully saturated rings. The number of aromatic amines is 1. The maximum atomic E-state index is 13.8. The Balaban J connectivity index is 1.40. The van der Waals surface area contributed by atoms with E-state index in [0.29, 0.717) is 50.0 Å². The second kappa shape index (κ2) is 20.2. The minimum atomic E-state index is -0.325. The predicted molar refractivity (Wildman–Crippen MR) is 207 cm³/mol. The van der Waals surface area contributed by atoms with E-state index in [1.165, 1.54) is 85.5 Å². The van der Waals surface area contributed by atoms with Crippen LogP contribution in [-0.2, 0) is 11.2 Å². The van der Waals surface area contributed by atoms with Gasteiger partial charge in [0.2, 0.25) is 5.91 Å². The molecule has 3 N–H and O–H groups in total. The van der Waals surface area contributed by atoms with Gasteiger partial charge in [0.1, 0.15) is 16.4 Å². The molecule has 4 aromatic rings. The minimum absolute atomic E-state index is 0.0389. The number of aromatic nitrogens is 2. The highest BCUT2D eigenvalue weighted by atomic mass is 35.5. The third-order valence-corrected chi connectivity index (χ3v) is 10.3. The number of benzene rings is 3. The molecule has 3 aromatic carbocycles. The first-order valence-corrected chi connectivity index (χ1v) is 19.3. The van der Waals surface area contributed by atoms with E-state index < -0.39 is 0 Å². The Hall–Kier alpha value is -2.55. The summed E-state index contributed by atoms with van der Waals surface area (Å²) < 4.78 is 1.31. The summed E-state index contributed by atoms with van der Waals surface area (Å²) in [5.41, 5.74) is 2.27. The smallest absolute Gasteiger partial charge is 0.287 e. The number of rotatable bonds is 20. The number of nitrogens with zero attached hydrogens (tertiary/aromatic N) is 1. The van der Waals surface area contributed by atoms with Crippen LogP contribution in [0.1, 0.15) is 89.5 Å². The largest absolute Gasteiger partial charge is 0.338 e. The number of anilines is 3. The van der Waals surface area contributed by atoms with Crippen molar-refractivity contribution in [3.8, 4) is 5.69 Å². The van der Waals surface area contributed by atoms with Gasteiger partial charge in [-0.05, 0) is 48.7 Å². The summed E-state index contributed by atoms with van der Waals surface area (Å²) in [6, 6.07) is 18.4. The topological polar surface area (TPSA) is 78.9 Å². The number of aryl methyl sites for hydroxylation is 1. The number of nitrogens with one attached hydrogen (secondary N) is 3. The number of unbranched alkanes of at least 4 members (excludes halogenated alkanes) is 10. The van der Waals surface area contributed by atoms with Gasteiger partial charge in [0.25, 0.3) is 5.56 Å². The normalized spacial score (nSPS) is 11.2. The molecule has 0 radical (unpaired) electrons. The van der Waals surface area contributed by atoms with Crippen LogP contribution in [0.5, 0.6) is 0 Å². The van der Waals surface area contributed by atoms with E-state index in [2.05, 4.69) is 34.8 Å². The van der Waals surface area contributed by atoms with Crippen molar-refractivity contribution in [1.29, 1.82) is 0 Å². The fourth-order valence-electron chi connectivity index (χ4n) is 5.47. The van der Waals surface area contributed by atoms with Crippen LogP contribution in [0.25, 0.3) is 5.69 Å². The Morgan fingerprint density at radius 1 is 0.792 bits per heavy atom. The van der Waals surface area contributed by atoms with Gasteiger partial charge >= 0.3 is 0 Å². The molecule has 4 rings (SSSR count). The second-order valence-electron chi connectivity index (χ2n) is 11.9. The number of H-pyrrole nitrogens is 1. The molecule has 0 aliphatic rings. The average molecular weight is 751 g/mol. The van der Waals surface area contributed by atoms with Crippen LogP contribution in [-0.4, -0.2) is 21.4 Å².